The van der Waals surface area contributed by atoms with Gasteiger partial charge in [0.25, 0.3) is 0 Å². The molecule has 2 nitrogen and oxygen atoms in total. The number of rotatable bonds is 3. The molecule has 1 fully saturated rings. The van der Waals surface area contributed by atoms with Crippen LogP contribution in [0, 0.1) is 5.92 Å². The first kappa shape index (κ1) is 9.59. The van der Waals surface area contributed by atoms with Gasteiger partial charge in [0.2, 0.25) is 0 Å². The van der Waals surface area contributed by atoms with E-state index in [2.05, 4.69) is 25.7 Å². The van der Waals surface area contributed by atoms with E-state index in [9.17, 15) is 5.11 Å². The number of hydrogen-bond acceptors (Lipinski definition) is 2. The van der Waals surface area contributed by atoms with Gasteiger partial charge in [-0.2, -0.15) is 0 Å². The van der Waals surface area contributed by atoms with Crippen molar-refractivity contribution in [2.45, 2.75) is 45.2 Å². The average Bonchev–Trinajstić information content (AvgIpc) is 2.34. The van der Waals surface area contributed by atoms with E-state index < -0.39 is 0 Å². The Kier molecular flexibility index (Phi) is 3.15. The summed E-state index contributed by atoms with van der Waals surface area (Å²) in [6.07, 6.45) is 3.30. The standard InChI is InChI=1S/C10H19NO/c1-7(2)11-10-5-4-9(6-10)8(3)12/h7,9-12H,3-6H2,1-2H3. The minimum absolute atomic E-state index is 0.334. The van der Waals surface area contributed by atoms with Gasteiger partial charge in [-0.15, -0.1) is 0 Å². The largest absolute Gasteiger partial charge is 0.513 e. The smallest absolute Gasteiger partial charge is 0.0882 e. The van der Waals surface area contributed by atoms with Gasteiger partial charge in [0.15, 0.2) is 0 Å². The Hall–Kier alpha value is -0.500. The Labute approximate surface area is 74.7 Å². The first-order chi connectivity index (χ1) is 5.59. The Morgan fingerprint density at radius 2 is 2.17 bits per heavy atom. The molecule has 0 aromatic heterocycles. The summed E-state index contributed by atoms with van der Waals surface area (Å²) in [6, 6.07) is 1.12. The van der Waals surface area contributed by atoms with Gasteiger partial charge in [-0.1, -0.05) is 20.4 Å². The van der Waals surface area contributed by atoms with Crippen LogP contribution in [0.5, 0.6) is 0 Å². The fourth-order valence-electron chi connectivity index (χ4n) is 1.91. The van der Waals surface area contributed by atoms with Crippen molar-refractivity contribution in [3.05, 3.63) is 12.3 Å². The lowest BCUT2D eigenvalue weighted by atomic mass is 10.1. The lowest BCUT2D eigenvalue weighted by Crippen LogP contribution is -2.32. The van der Waals surface area contributed by atoms with Crippen LogP contribution in [0.3, 0.4) is 0 Å². The molecule has 0 radical (unpaired) electrons. The van der Waals surface area contributed by atoms with Crippen molar-refractivity contribution in [2.75, 3.05) is 0 Å². The highest BCUT2D eigenvalue weighted by Gasteiger charge is 2.26. The second-order valence-corrected chi connectivity index (χ2v) is 4.02. The zero-order valence-electron chi connectivity index (χ0n) is 8.01. The van der Waals surface area contributed by atoms with E-state index in [0.29, 0.717) is 23.8 Å². The molecule has 2 atom stereocenters. The molecule has 0 heterocycles. The van der Waals surface area contributed by atoms with Crippen LogP contribution < -0.4 is 5.32 Å². The van der Waals surface area contributed by atoms with E-state index in [-0.39, 0.29) is 0 Å². The summed E-state index contributed by atoms with van der Waals surface area (Å²) in [5.74, 6) is 0.698. The van der Waals surface area contributed by atoms with Gasteiger partial charge in [0, 0.05) is 18.0 Å². The molecule has 0 spiro atoms. The molecular formula is C10H19NO. The quantitative estimate of drug-likeness (QED) is 0.635. The van der Waals surface area contributed by atoms with Crippen molar-refractivity contribution < 1.29 is 5.11 Å². The van der Waals surface area contributed by atoms with E-state index in [1.807, 2.05) is 0 Å². The third-order valence-corrected chi connectivity index (χ3v) is 2.47. The lowest BCUT2D eigenvalue weighted by molar-refractivity contribution is 0.329. The molecule has 0 aliphatic heterocycles. The molecule has 0 aromatic carbocycles. The second-order valence-electron chi connectivity index (χ2n) is 4.02. The Balaban J connectivity index is 2.30. The maximum atomic E-state index is 9.18. The Morgan fingerprint density at radius 1 is 1.50 bits per heavy atom. The molecule has 2 N–H and O–H groups in total. The SMILES string of the molecule is C=C(O)C1CCC(NC(C)C)C1. The van der Waals surface area contributed by atoms with Crippen LogP contribution in [0.15, 0.2) is 12.3 Å². The van der Waals surface area contributed by atoms with E-state index in [1.165, 1.54) is 6.42 Å². The van der Waals surface area contributed by atoms with Crippen LogP contribution in [0.4, 0.5) is 0 Å². The zero-order valence-corrected chi connectivity index (χ0v) is 8.01. The average molecular weight is 169 g/mol. The molecule has 12 heavy (non-hydrogen) atoms. The van der Waals surface area contributed by atoms with Crippen molar-refractivity contribution in [1.82, 2.24) is 5.32 Å². The molecule has 0 aromatic rings. The topological polar surface area (TPSA) is 32.3 Å². The molecule has 2 heteroatoms. The van der Waals surface area contributed by atoms with Gasteiger partial charge >= 0.3 is 0 Å². The van der Waals surface area contributed by atoms with Crippen LogP contribution in [0.2, 0.25) is 0 Å². The number of allylic oxidation sites excluding steroid dienone is 1. The van der Waals surface area contributed by atoms with Gasteiger partial charge in [-0.25, -0.2) is 0 Å². The summed E-state index contributed by atoms with van der Waals surface area (Å²) < 4.78 is 0. The monoisotopic (exact) mass is 169 g/mol. The summed E-state index contributed by atoms with van der Waals surface area (Å²) in [7, 11) is 0. The predicted octanol–water partition coefficient (Wildman–Crippen LogP) is 2.22. The van der Waals surface area contributed by atoms with Gasteiger partial charge in [-0.3, -0.25) is 0 Å². The Morgan fingerprint density at radius 3 is 2.58 bits per heavy atom. The number of aliphatic hydroxyl groups excluding tert-OH is 1. The van der Waals surface area contributed by atoms with Crippen LogP contribution in [-0.2, 0) is 0 Å². The summed E-state index contributed by atoms with van der Waals surface area (Å²) >= 11 is 0. The van der Waals surface area contributed by atoms with Crippen LogP contribution in [0.25, 0.3) is 0 Å². The third-order valence-electron chi connectivity index (χ3n) is 2.47. The van der Waals surface area contributed by atoms with Gasteiger partial charge in [-0.05, 0) is 19.3 Å². The maximum absolute atomic E-state index is 9.18. The van der Waals surface area contributed by atoms with E-state index in [1.54, 1.807) is 0 Å². The highest BCUT2D eigenvalue weighted by Crippen LogP contribution is 2.29. The van der Waals surface area contributed by atoms with Crippen LogP contribution >= 0.6 is 0 Å². The predicted molar refractivity (Wildman–Crippen MR) is 51.2 cm³/mol. The van der Waals surface area contributed by atoms with E-state index in [0.717, 1.165) is 12.8 Å². The molecular weight excluding hydrogens is 150 g/mol. The van der Waals surface area contributed by atoms with Gasteiger partial charge < -0.3 is 10.4 Å². The fourth-order valence-corrected chi connectivity index (χ4v) is 1.91. The van der Waals surface area contributed by atoms with Crippen molar-refractivity contribution >= 4 is 0 Å². The van der Waals surface area contributed by atoms with Crippen molar-refractivity contribution in [3.8, 4) is 0 Å². The summed E-state index contributed by atoms with van der Waals surface area (Å²) in [5, 5.41) is 12.7. The zero-order chi connectivity index (χ0) is 9.14. The number of aliphatic hydroxyl groups is 1. The minimum Gasteiger partial charge on any atom is -0.513 e. The molecule has 1 rings (SSSR count). The molecule has 1 saturated carbocycles. The van der Waals surface area contributed by atoms with Crippen molar-refractivity contribution in [1.29, 1.82) is 0 Å². The van der Waals surface area contributed by atoms with Crippen LogP contribution in [-0.4, -0.2) is 17.2 Å². The van der Waals surface area contributed by atoms with E-state index >= 15 is 0 Å². The molecule has 0 amide bonds. The normalized spacial score (nSPS) is 29.6. The second kappa shape index (κ2) is 3.94. The van der Waals surface area contributed by atoms with Crippen molar-refractivity contribution in [3.63, 3.8) is 0 Å². The first-order valence-electron chi connectivity index (χ1n) is 4.73. The molecule has 0 saturated heterocycles. The fraction of sp³-hybridized carbons (Fsp3) is 0.800. The molecule has 1 aliphatic carbocycles. The molecule has 70 valence electrons. The number of nitrogens with one attached hydrogen (secondary N) is 1. The summed E-state index contributed by atoms with van der Waals surface area (Å²) in [4.78, 5) is 0. The summed E-state index contributed by atoms with van der Waals surface area (Å²) in [5.41, 5.74) is 0. The molecule has 1 aliphatic rings. The molecule has 2 unspecified atom stereocenters. The van der Waals surface area contributed by atoms with Gasteiger partial charge in [0.1, 0.15) is 0 Å². The van der Waals surface area contributed by atoms with Crippen molar-refractivity contribution in [2.24, 2.45) is 5.92 Å². The molecule has 0 bridgehead atoms. The Bertz CT molecular complexity index is 165. The summed E-state index contributed by atoms with van der Waals surface area (Å²) in [6.45, 7) is 7.89. The highest BCUT2D eigenvalue weighted by atomic mass is 16.3. The highest BCUT2D eigenvalue weighted by molar-refractivity contribution is 4.96. The minimum atomic E-state index is 0.334. The first-order valence-corrected chi connectivity index (χ1v) is 4.73. The maximum Gasteiger partial charge on any atom is 0.0882 e. The number of hydrogen-bond donors (Lipinski definition) is 2. The third kappa shape index (κ3) is 2.52. The van der Waals surface area contributed by atoms with E-state index in [4.69, 9.17) is 0 Å². The van der Waals surface area contributed by atoms with Crippen LogP contribution in [0.1, 0.15) is 33.1 Å². The van der Waals surface area contributed by atoms with Gasteiger partial charge in [0.05, 0.1) is 5.76 Å². The lowest BCUT2D eigenvalue weighted by Gasteiger charge is -2.15.